The Balaban J connectivity index is 1.52. The summed E-state index contributed by atoms with van der Waals surface area (Å²) in [4.78, 5) is 24.9. The maximum absolute atomic E-state index is 12.6. The molecular weight excluding hydrogens is 474 g/mol. The lowest BCUT2D eigenvalue weighted by molar-refractivity contribution is -0.121. The number of benzene rings is 3. The molecule has 0 saturated carbocycles. The van der Waals surface area contributed by atoms with Crippen LogP contribution in [0.3, 0.4) is 0 Å². The van der Waals surface area contributed by atoms with Gasteiger partial charge < -0.3 is 10.6 Å². The fourth-order valence-electron chi connectivity index (χ4n) is 3.60. The molecule has 7 heteroatoms. The number of nitriles is 1. The van der Waals surface area contributed by atoms with E-state index in [1.807, 2.05) is 66.7 Å². The largest absolute Gasteiger partial charge is 0.325 e. The summed E-state index contributed by atoms with van der Waals surface area (Å²) < 4.78 is 0.886. The van der Waals surface area contributed by atoms with E-state index in [4.69, 9.17) is 0 Å². The van der Waals surface area contributed by atoms with Gasteiger partial charge in [-0.15, -0.1) is 0 Å². The third kappa shape index (κ3) is 4.82. The zero-order chi connectivity index (χ0) is 21.8. The van der Waals surface area contributed by atoms with E-state index in [9.17, 15) is 14.9 Å². The van der Waals surface area contributed by atoms with Crippen molar-refractivity contribution in [3.63, 3.8) is 0 Å². The Bertz CT molecular complexity index is 1240. The van der Waals surface area contributed by atoms with Gasteiger partial charge in [0.05, 0.1) is 22.4 Å². The lowest BCUT2D eigenvalue weighted by atomic mass is 9.87. The molecule has 5 nitrogen and oxygen atoms in total. The Labute approximate surface area is 192 Å². The number of nitrogens with one attached hydrogen (secondary N) is 2. The first-order valence-corrected chi connectivity index (χ1v) is 11.4. The van der Waals surface area contributed by atoms with E-state index in [0.29, 0.717) is 10.6 Å². The number of hydrogen-bond donors (Lipinski definition) is 2. The third-order valence-electron chi connectivity index (χ3n) is 5.02. The summed E-state index contributed by atoms with van der Waals surface area (Å²) in [6, 6.07) is 23.4. The molecule has 1 atom stereocenters. The number of rotatable bonds is 5. The molecule has 0 aliphatic carbocycles. The van der Waals surface area contributed by atoms with Gasteiger partial charge in [-0.25, -0.2) is 0 Å². The molecular formula is C24H18BrN3O2S. The van der Waals surface area contributed by atoms with Crippen LogP contribution in [-0.2, 0) is 9.59 Å². The molecule has 31 heavy (non-hydrogen) atoms. The van der Waals surface area contributed by atoms with Crippen LogP contribution in [0, 0.1) is 11.3 Å². The molecule has 154 valence electrons. The van der Waals surface area contributed by atoms with Gasteiger partial charge in [0.1, 0.15) is 0 Å². The maximum Gasteiger partial charge on any atom is 0.234 e. The number of halogens is 1. The number of carbonyl (C=O) groups excluding carboxylic acids is 2. The molecule has 4 rings (SSSR count). The Morgan fingerprint density at radius 2 is 1.94 bits per heavy atom. The van der Waals surface area contributed by atoms with E-state index >= 15 is 0 Å². The quantitative estimate of drug-likeness (QED) is 0.506. The van der Waals surface area contributed by atoms with Crippen molar-refractivity contribution < 1.29 is 9.59 Å². The second-order valence-corrected chi connectivity index (χ2v) is 8.98. The van der Waals surface area contributed by atoms with Crippen LogP contribution in [0.1, 0.15) is 17.9 Å². The topological polar surface area (TPSA) is 82.0 Å². The van der Waals surface area contributed by atoms with Crippen molar-refractivity contribution in [2.24, 2.45) is 0 Å². The minimum absolute atomic E-state index is 0.0786. The van der Waals surface area contributed by atoms with E-state index in [1.165, 1.54) is 11.8 Å². The number of nitrogens with zero attached hydrogens (tertiary/aromatic N) is 1. The van der Waals surface area contributed by atoms with E-state index in [1.54, 1.807) is 0 Å². The van der Waals surface area contributed by atoms with Crippen LogP contribution >= 0.6 is 27.7 Å². The van der Waals surface area contributed by atoms with Crippen LogP contribution in [0.25, 0.3) is 10.8 Å². The molecule has 3 aromatic carbocycles. The van der Waals surface area contributed by atoms with Crippen molar-refractivity contribution in [3.05, 3.63) is 87.4 Å². The Morgan fingerprint density at radius 1 is 1.16 bits per heavy atom. The number of carbonyl (C=O) groups is 2. The van der Waals surface area contributed by atoms with E-state index in [0.717, 1.165) is 26.5 Å². The van der Waals surface area contributed by atoms with Gasteiger partial charge in [-0.05, 0) is 29.1 Å². The molecule has 0 unspecified atom stereocenters. The molecule has 0 aromatic heterocycles. The Hall–Kier alpha value is -3.08. The number of fused-ring (bicyclic) bond motifs is 1. The highest BCUT2D eigenvalue weighted by molar-refractivity contribution is 9.10. The zero-order valence-electron chi connectivity index (χ0n) is 16.4. The van der Waals surface area contributed by atoms with E-state index in [-0.39, 0.29) is 29.9 Å². The average molecular weight is 492 g/mol. The highest BCUT2D eigenvalue weighted by Gasteiger charge is 2.30. The van der Waals surface area contributed by atoms with Gasteiger partial charge in [0.2, 0.25) is 11.8 Å². The first-order valence-electron chi connectivity index (χ1n) is 9.65. The minimum Gasteiger partial charge on any atom is -0.325 e. The zero-order valence-corrected chi connectivity index (χ0v) is 18.8. The summed E-state index contributed by atoms with van der Waals surface area (Å²) >= 11 is 4.61. The van der Waals surface area contributed by atoms with Gasteiger partial charge in [0.15, 0.2) is 0 Å². The summed E-state index contributed by atoms with van der Waals surface area (Å²) in [5.74, 6) is -0.624. The minimum atomic E-state index is -0.333. The second-order valence-electron chi connectivity index (χ2n) is 7.08. The first kappa shape index (κ1) is 21.2. The normalized spacial score (nSPS) is 16.0. The smallest absolute Gasteiger partial charge is 0.234 e. The van der Waals surface area contributed by atoms with Gasteiger partial charge in [0.25, 0.3) is 0 Å². The van der Waals surface area contributed by atoms with Gasteiger partial charge in [-0.3, -0.25) is 9.59 Å². The average Bonchev–Trinajstić information content (AvgIpc) is 2.77. The molecule has 2 amide bonds. The van der Waals surface area contributed by atoms with Crippen LogP contribution < -0.4 is 10.6 Å². The first-order chi connectivity index (χ1) is 15.0. The molecule has 2 N–H and O–H groups in total. The number of thioether (sulfide) groups is 1. The van der Waals surface area contributed by atoms with Crippen molar-refractivity contribution in [2.45, 2.75) is 12.3 Å². The van der Waals surface area contributed by atoms with Crippen molar-refractivity contribution >= 4 is 56.0 Å². The summed E-state index contributed by atoms with van der Waals surface area (Å²) in [5, 5.41) is 17.9. The molecule has 0 bridgehead atoms. The predicted molar refractivity (Wildman–Crippen MR) is 127 cm³/mol. The molecule has 1 aliphatic rings. The van der Waals surface area contributed by atoms with Crippen molar-refractivity contribution in [2.75, 3.05) is 11.1 Å². The third-order valence-corrected chi connectivity index (χ3v) is 6.53. The summed E-state index contributed by atoms with van der Waals surface area (Å²) in [6.45, 7) is 0. The van der Waals surface area contributed by atoms with Gasteiger partial charge in [-0.1, -0.05) is 76.2 Å². The van der Waals surface area contributed by atoms with Crippen LogP contribution in [0.5, 0.6) is 0 Å². The molecule has 1 aliphatic heterocycles. The standard InChI is InChI=1S/C24H18BrN3O2S/c25-17-8-3-7-16(11-17)19-12-22(29)28-24(20(19)13-26)31-14-23(30)27-21-10-4-6-15-5-1-2-9-18(15)21/h1-11,19H,12,14H2,(H,27,30)(H,28,29)/t19-/m0/s1. The van der Waals surface area contributed by atoms with Crippen LogP contribution in [0.2, 0.25) is 0 Å². The lowest BCUT2D eigenvalue weighted by Gasteiger charge is -2.25. The molecule has 0 saturated heterocycles. The van der Waals surface area contributed by atoms with Gasteiger partial charge in [-0.2, -0.15) is 5.26 Å². The summed E-state index contributed by atoms with van der Waals surface area (Å²) in [6.07, 6.45) is 0.200. The fourth-order valence-corrected chi connectivity index (χ4v) is 4.89. The molecule has 0 radical (unpaired) electrons. The Kier molecular flexibility index (Phi) is 6.40. The molecule has 3 aromatic rings. The highest BCUT2D eigenvalue weighted by atomic mass is 79.9. The Morgan fingerprint density at radius 3 is 2.74 bits per heavy atom. The summed E-state index contributed by atoms with van der Waals surface area (Å²) in [5.41, 5.74) is 2.10. The predicted octanol–water partition coefficient (Wildman–Crippen LogP) is 5.31. The monoisotopic (exact) mass is 491 g/mol. The molecule has 1 heterocycles. The van der Waals surface area contributed by atoms with Gasteiger partial charge in [0, 0.05) is 27.9 Å². The second kappa shape index (κ2) is 9.38. The van der Waals surface area contributed by atoms with Gasteiger partial charge >= 0.3 is 0 Å². The number of allylic oxidation sites excluding steroid dienone is 1. The SMILES string of the molecule is N#CC1=C(SCC(=O)Nc2cccc3ccccc23)NC(=O)C[C@H]1c1cccc(Br)c1. The number of anilines is 1. The number of amides is 2. The van der Waals surface area contributed by atoms with E-state index in [2.05, 4.69) is 32.6 Å². The van der Waals surface area contributed by atoms with Crippen molar-refractivity contribution in [3.8, 4) is 6.07 Å². The van der Waals surface area contributed by atoms with E-state index < -0.39 is 0 Å². The fraction of sp³-hybridized carbons (Fsp3) is 0.125. The molecule has 0 fully saturated rings. The highest BCUT2D eigenvalue weighted by Crippen LogP contribution is 2.36. The molecule has 0 spiro atoms. The van der Waals surface area contributed by atoms with Crippen LogP contribution in [0.4, 0.5) is 5.69 Å². The maximum atomic E-state index is 12.6. The van der Waals surface area contributed by atoms with Crippen molar-refractivity contribution in [1.29, 1.82) is 5.26 Å². The van der Waals surface area contributed by atoms with Crippen LogP contribution in [0.15, 0.2) is 81.8 Å². The van der Waals surface area contributed by atoms with Crippen molar-refractivity contribution in [1.82, 2.24) is 5.32 Å². The summed E-state index contributed by atoms with van der Waals surface area (Å²) in [7, 11) is 0. The lowest BCUT2D eigenvalue weighted by Crippen LogP contribution is -2.31. The van der Waals surface area contributed by atoms with Crippen LogP contribution in [-0.4, -0.2) is 17.6 Å². The number of hydrogen-bond acceptors (Lipinski definition) is 4.